The highest BCUT2D eigenvalue weighted by Gasteiger charge is 2.20. The maximum atomic E-state index is 11.4. The van der Waals surface area contributed by atoms with E-state index in [4.69, 9.17) is 15.6 Å². The fourth-order valence-corrected chi connectivity index (χ4v) is 1.78. The second kappa shape index (κ2) is 6.68. The Morgan fingerprint density at radius 3 is 2.32 bits per heavy atom. The molecule has 0 bridgehead atoms. The first kappa shape index (κ1) is 17.6. The first-order valence-electron chi connectivity index (χ1n) is 5.40. The minimum Gasteiger partial charge on any atom is -0.480 e. The average Bonchev–Trinajstić information content (AvgIpc) is 2.21. The van der Waals surface area contributed by atoms with Crippen molar-refractivity contribution in [1.29, 1.82) is 0 Å². The van der Waals surface area contributed by atoms with Crippen LogP contribution >= 0.6 is 0 Å². The summed E-state index contributed by atoms with van der Waals surface area (Å²) in [5, 5.41) is 8.49. The molecule has 0 spiro atoms. The molecule has 0 fully saturated rings. The van der Waals surface area contributed by atoms with Crippen LogP contribution in [0.15, 0.2) is 0 Å². The Labute approximate surface area is 111 Å². The molecular weight excluding hydrogens is 278 g/mol. The predicted molar refractivity (Wildman–Crippen MR) is 66.5 cm³/mol. The molecule has 112 valence electrons. The van der Waals surface area contributed by atoms with Crippen LogP contribution in [0, 0.1) is 0 Å². The van der Waals surface area contributed by atoms with Gasteiger partial charge in [-0.25, -0.2) is 18.6 Å². The number of carbonyl (C=O) groups excluding carboxylic acids is 1. The maximum Gasteiger partial charge on any atom is 0.422 e. The minimum absolute atomic E-state index is 0.277. The van der Waals surface area contributed by atoms with Crippen molar-refractivity contribution >= 4 is 22.1 Å². The van der Waals surface area contributed by atoms with Gasteiger partial charge in [0.25, 0.3) is 0 Å². The Bertz CT molecular complexity index is 428. The summed E-state index contributed by atoms with van der Waals surface area (Å²) >= 11 is 0. The summed E-state index contributed by atoms with van der Waals surface area (Å²) in [6, 6.07) is -1.28. The van der Waals surface area contributed by atoms with Gasteiger partial charge in [-0.15, -0.1) is 4.83 Å². The van der Waals surface area contributed by atoms with Crippen LogP contribution in [0.1, 0.15) is 27.2 Å². The number of sulfonamides is 1. The number of amides is 1. The molecule has 0 aromatic carbocycles. The van der Waals surface area contributed by atoms with Crippen molar-refractivity contribution in [2.45, 2.75) is 38.8 Å². The molecule has 1 amide bonds. The number of carboxylic acid groups (broad SMARTS) is 1. The van der Waals surface area contributed by atoms with E-state index in [-0.39, 0.29) is 6.42 Å². The Morgan fingerprint density at radius 2 is 1.89 bits per heavy atom. The van der Waals surface area contributed by atoms with Crippen molar-refractivity contribution in [3.05, 3.63) is 0 Å². The van der Waals surface area contributed by atoms with E-state index in [1.54, 1.807) is 25.6 Å². The zero-order valence-corrected chi connectivity index (χ0v) is 11.8. The lowest BCUT2D eigenvalue weighted by Gasteiger charge is -2.19. The standard InChI is InChI=1S/C9H19N3O6S/c1-9(2,3)18-8(15)11-12-19(16,17)5-4-6(10)7(13)14/h6,12H,4-5,10H2,1-3H3,(H,11,15)(H,13,14)/t6-/m1/s1. The number of carboxylic acids is 1. The Hall–Kier alpha value is -1.39. The lowest BCUT2D eigenvalue weighted by Crippen LogP contribution is -2.46. The number of ether oxygens (including phenoxy) is 1. The highest BCUT2D eigenvalue weighted by molar-refractivity contribution is 7.89. The maximum absolute atomic E-state index is 11.4. The van der Waals surface area contributed by atoms with Gasteiger partial charge in [-0.1, -0.05) is 0 Å². The molecule has 10 heteroatoms. The smallest absolute Gasteiger partial charge is 0.422 e. The molecule has 1 atom stereocenters. The normalized spacial score (nSPS) is 13.7. The quantitative estimate of drug-likeness (QED) is 0.466. The molecule has 19 heavy (non-hydrogen) atoms. The Kier molecular flexibility index (Phi) is 6.19. The average molecular weight is 297 g/mol. The SMILES string of the molecule is CC(C)(C)OC(=O)NNS(=O)(=O)CC[C@@H](N)C(=O)O. The number of aliphatic carboxylic acids is 1. The van der Waals surface area contributed by atoms with Gasteiger partial charge in [0, 0.05) is 0 Å². The number of carbonyl (C=O) groups is 2. The monoisotopic (exact) mass is 297 g/mol. The molecule has 9 nitrogen and oxygen atoms in total. The van der Waals surface area contributed by atoms with Crippen molar-refractivity contribution in [1.82, 2.24) is 10.3 Å². The van der Waals surface area contributed by atoms with Crippen molar-refractivity contribution in [3.8, 4) is 0 Å². The number of rotatable bonds is 6. The van der Waals surface area contributed by atoms with E-state index in [9.17, 15) is 18.0 Å². The van der Waals surface area contributed by atoms with E-state index in [0.717, 1.165) is 0 Å². The van der Waals surface area contributed by atoms with E-state index < -0.39 is 39.5 Å². The van der Waals surface area contributed by atoms with Crippen LogP contribution in [-0.4, -0.2) is 43.0 Å². The third kappa shape index (κ3) is 9.22. The number of hydrogen-bond acceptors (Lipinski definition) is 6. The van der Waals surface area contributed by atoms with Gasteiger partial charge in [0.15, 0.2) is 0 Å². The van der Waals surface area contributed by atoms with Crippen LogP contribution in [0.5, 0.6) is 0 Å². The molecule has 0 heterocycles. The lowest BCUT2D eigenvalue weighted by atomic mass is 10.2. The number of nitrogens with two attached hydrogens (primary N) is 1. The van der Waals surface area contributed by atoms with Crippen molar-refractivity contribution in [3.63, 3.8) is 0 Å². The van der Waals surface area contributed by atoms with E-state index in [0.29, 0.717) is 0 Å². The molecule has 0 rings (SSSR count). The molecule has 0 saturated carbocycles. The fraction of sp³-hybridized carbons (Fsp3) is 0.778. The summed E-state index contributed by atoms with van der Waals surface area (Å²) in [5.41, 5.74) is 6.24. The second-order valence-electron chi connectivity index (χ2n) is 4.78. The topological polar surface area (TPSA) is 148 Å². The molecule has 0 aromatic rings. The van der Waals surface area contributed by atoms with Gasteiger partial charge < -0.3 is 15.6 Å². The highest BCUT2D eigenvalue weighted by atomic mass is 32.2. The lowest BCUT2D eigenvalue weighted by molar-refractivity contribution is -0.138. The van der Waals surface area contributed by atoms with Crippen molar-refractivity contribution < 1.29 is 27.9 Å². The minimum atomic E-state index is -3.87. The molecule has 0 unspecified atom stereocenters. The third-order valence-corrected chi connectivity index (χ3v) is 2.91. The molecule has 0 aliphatic rings. The summed E-state index contributed by atoms with van der Waals surface area (Å²) in [6.45, 7) is 4.85. The van der Waals surface area contributed by atoms with Gasteiger partial charge in [-0.05, 0) is 27.2 Å². The third-order valence-electron chi connectivity index (χ3n) is 1.72. The van der Waals surface area contributed by atoms with Crippen LogP contribution in [0.2, 0.25) is 0 Å². The van der Waals surface area contributed by atoms with Gasteiger partial charge in [-0.2, -0.15) is 0 Å². The Balaban J connectivity index is 4.18. The zero-order valence-electron chi connectivity index (χ0n) is 11.0. The summed E-state index contributed by atoms with van der Waals surface area (Å²) in [6.07, 6.45) is -1.24. The van der Waals surface area contributed by atoms with Gasteiger partial charge in [0.2, 0.25) is 10.0 Å². The van der Waals surface area contributed by atoms with Crippen LogP contribution < -0.4 is 16.0 Å². The Morgan fingerprint density at radius 1 is 1.37 bits per heavy atom. The van der Waals surface area contributed by atoms with Crippen LogP contribution in [0.25, 0.3) is 0 Å². The molecule has 0 aliphatic heterocycles. The van der Waals surface area contributed by atoms with Gasteiger partial charge in [0.05, 0.1) is 5.75 Å². The van der Waals surface area contributed by atoms with Crippen LogP contribution in [0.3, 0.4) is 0 Å². The predicted octanol–water partition coefficient (Wildman–Crippen LogP) is -0.852. The molecular formula is C9H19N3O6S. The number of hydrogen-bond donors (Lipinski definition) is 4. The van der Waals surface area contributed by atoms with Gasteiger partial charge >= 0.3 is 12.1 Å². The van der Waals surface area contributed by atoms with Gasteiger partial charge in [-0.3, -0.25) is 4.79 Å². The second-order valence-corrected chi connectivity index (χ2v) is 6.62. The van der Waals surface area contributed by atoms with E-state index >= 15 is 0 Å². The first-order valence-corrected chi connectivity index (χ1v) is 7.05. The van der Waals surface area contributed by atoms with E-state index in [2.05, 4.69) is 0 Å². The summed E-state index contributed by atoms with van der Waals surface area (Å²) in [4.78, 5) is 23.4. The van der Waals surface area contributed by atoms with Crippen LogP contribution in [-0.2, 0) is 19.6 Å². The number of hydrazine groups is 1. The van der Waals surface area contributed by atoms with Gasteiger partial charge in [0.1, 0.15) is 11.6 Å². The molecule has 5 N–H and O–H groups in total. The van der Waals surface area contributed by atoms with Crippen molar-refractivity contribution in [2.75, 3.05) is 5.75 Å². The van der Waals surface area contributed by atoms with Crippen LogP contribution in [0.4, 0.5) is 4.79 Å². The molecule has 0 aromatic heterocycles. The zero-order chi connectivity index (χ0) is 15.3. The summed E-state index contributed by atoms with van der Waals surface area (Å²) < 4.78 is 27.6. The van der Waals surface area contributed by atoms with E-state index in [1.165, 1.54) is 0 Å². The summed E-state index contributed by atoms with van der Waals surface area (Å²) in [7, 11) is -3.87. The van der Waals surface area contributed by atoms with E-state index in [1.807, 2.05) is 5.43 Å². The molecule has 0 saturated heterocycles. The first-order chi connectivity index (χ1) is 8.43. The highest BCUT2D eigenvalue weighted by Crippen LogP contribution is 2.06. The largest absolute Gasteiger partial charge is 0.480 e. The fourth-order valence-electron chi connectivity index (χ4n) is 0.880. The molecule has 0 aliphatic carbocycles. The number of nitrogens with one attached hydrogen (secondary N) is 2. The molecule has 0 radical (unpaired) electrons. The summed E-state index contributed by atoms with van der Waals surface area (Å²) in [5.74, 6) is -1.83. The van der Waals surface area contributed by atoms with Crippen molar-refractivity contribution in [2.24, 2.45) is 5.73 Å².